The van der Waals surface area contributed by atoms with Crippen LogP contribution in [0.4, 0.5) is 11.6 Å². The molecular formula is C17H11ClN6S. The second kappa shape index (κ2) is 5.58. The van der Waals surface area contributed by atoms with E-state index in [9.17, 15) is 0 Å². The second-order valence-corrected chi connectivity index (χ2v) is 6.83. The van der Waals surface area contributed by atoms with Gasteiger partial charge in [-0.1, -0.05) is 17.7 Å². The Balaban J connectivity index is 1.54. The Labute approximate surface area is 151 Å². The molecule has 0 amide bonds. The molecule has 3 aromatic heterocycles. The summed E-state index contributed by atoms with van der Waals surface area (Å²) in [6.45, 7) is 0. The highest BCUT2D eigenvalue weighted by Gasteiger charge is 2.11. The number of hydrogen-bond acceptors (Lipinski definition) is 5. The standard InChI is InChI=1S/C17H11ClN6S/c18-11-2-1-3-12(9-11)20-16-22-17-21-13-8-10(15-19-6-7-25-15)4-5-14(13)24(17)23-16/h1-9H,(H2,20,21,22,23). The average molecular weight is 367 g/mol. The zero-order valence-electron chi connectivity index (χ0n) is 12.8. The van der Waals surface area contributed by atoms with Gasteiger partial charge in [-0.15, -0.1) is 11.3 Å². The Hall–Kier alpha value is -2.90. The van der Waals surface area contributed by atoms with Crippen LogP contribution in [0.2, 0.25) is 5.02 Å². The van der Waals surface area contributed by atoms with Gasteiger partial charge < -0.3 is 5.32 Å². The lowest BCUT2D eigenvalue weighted by Crippen LogP contribution is -1.93. The molecule has 6 nitrogen and oxygen atoms in total. The first-order valence-electron chi connectivity index (χ1n) is 7.57. The van der Waals surface area contributed by atoms with E-state index in [4.69, 9.17) is 11.6 Å². The Morgan fingerprint density at radius 2 is 2.08 bits per heavy atom. The van der Waals surface area contributed by atoms with Crippen LogP contribution in [0.5, 0.6) is 0 Å². The maximum Gasteiger partial charge on any atom is 0.253 e. The summed E-state index contributed by atoms with van der Waals surface area (Å²) in [6.07, 6.45) is 1.80. The van der Waals surface area contributed by atoms with Crippen LogP contribution < -0.4 is 5.32 Å². The van der Waals surface area contributed by atoms with E-state index >= 15 is 0 Å². The number of aromatic nitrogens is 5. The lowest BCUT2D eigenvalue weighted by Gasteiger charge is -2.02. The van der Waals surface area contributed by atoms with E-state index < -0.39 is 0 Å². The number of nitrogens with zero attached hydrogens (tertiary/aromatic N) is 4. The number of benzene rings is 2. The number of hydrogen-bond donors (Lipinski definition) is 2. The molecule has 0 aliphatic rings. The van der Waals surface area contributed by atoms with Gasteiger partial charge >= 0.3 is 0 Å². The third-order valence-electron chi connectivity index (χ3n) is 3.83. The van der Waals surface area contributed by atoms with E-state index in [2.05, 4.69) is 25.4 Å². The summed E-state index contributed by atoms with van der Waals surface area (Å²) in [4.78, 5) is 13.4. The molecule has 0 radical (unpaired) electrons. The molecule has 5 aromatic rings. The van der Waals surface area contributed by atoms with Gasteiger partial charge in [0.25, 0.3) is 5.78 Å². The smallest absolute Gasteiger partial charge is 0.253 e. The van der Waals surface area contributed by atoms with E-state index in [0.29, 0.717) is 16.7 Å². The Kier molecular flexibility index (Phi) is 3.22. The van der Waals surface area contributed by atoms with Crippen molar-refractivity contribution in [1.82, 2.24) is 24.6 Å². The van der Waals surface area contributed by atoms with Crippen LogP contribution in [0.25, 0.3) is 27.4 Å². The molecule has 8 heteroatoms. The lowest BCUT2D eigenvalue weighted by molar-refractivity contribution is 1.01. The summed E-state index contributed by atoms with van der Waals surface area (Å²) in [5.74, 6) is 1.21. The zero-order valence-corrected chi connectivity index (χ0v) is 14.3. The molecule has 0 unspecified atom stereocenters. The van der Waals surface area contributed by atoms with E-state index in [1.54, 1.807) is 17.5 Å². The number of rotatable bonds is 3. The highest BCUT2D eigenvalue weighted by Crippen LogP contribution is 2.26. The molecule has 25 heavy (non-hydrogen) atoms. The van der Waals surface area contributed by atoms with Crippen LogP contribution in [-0.2, 0) is 0 Å². The molecule has 0 bridgehead atoms. The maximum atomic E-state index is 6.01. The quantitative estimate of drug-likeness (QED) is 0.484. The zero-order chi connectivity index (χ0) is 16.8. The van der Waals surface area contributed by atoms with Gasteiger partial charge in [0, 0.05) is 27.9 Å². The van der Waals surface area contributed by atoms with Gasteiger partial charge in [0.05, 0.1) is 11.0 Å². The highest BCUT2D eigenvalue weighted by atomic mass is 35.5. The number of H-pyrrole nitrogens is 1. The minimum Gasteiger partial charge on any atom is -0.324 e. The molecule has 0 saturated heterocycles. The van der Waals surface area contributed by atoms with Gasteiger partial charge in [-0.05, 0) is 36.4 Å². The second-order valence-electron chi connectivity index (χ2n) is 5.50. The van der Waals surface area contributed by atoms with E-state index in [-0.39, 0.29) is 0 Å². The summed E-state index contributed by atoms with van der Waals surface area (Å²) in [5, 5.41) is 10.0. The van der Waals surface area contributed by atoms with Crippen molar-refractivity contribution in [2.24, 2.45) is 0 Å². The topological polar surface area (TPSA) is 70.9 Å². The van der Waals surface area contributed by atoms with Crippen LogP contribution in [0, 0.1) is 0 Å². The van der Waals surface area contributed by atoms with E-state index in [0.717, 1.165) is 27.3 Å². The van der Waals surface area contributed by atoms with Crippen molar-refractivity contribution < 1.29 is 0 Å². The number of halogens is 1. The predicted octanol–water partition coefficient (Wildman–Crippen LogP) is 4.73. The van der Waals surface area contributed by atoms with Gasteiger partial charge in [0.1, 0.15) is 5.01 Å². The number of aromatic amines is 1. The van der Waals surface area contributed by atoms with Crippen molar-refractivity contribution in [3.63, 3.8) is 0 Å². The monoisotopic (exact) mass is 366 g/mol. The van der Waals surface area contributed by atoms with Gasteiger partial charge in [-0.3, -0.25) is 5.10 Å². The average Bonchev–Trinajstić information content (AvgIpc) is 3.30. The molecule has 2 N–H and O–H groups in total. The number of fused-ring (bicyclic) bond motifs is 3. The molecule has 5 rings (SSSR count). The van der Waals surface area contributed by atoms with Crippen LogP contribution in [-0.4, -0.2) is 24.6 Å². The first-order chi connectivity index (χ1) is 12.3. The fraction of sp³-hybridized carbons (Fsp3) is 0. The minimum atomic E-state index is 0.607. The van der Waals surface area contributed by atoms with Crippen molar-refractivity contribution in [2.75, 3.05) is 5.32 Å². The fourth-order valence-corrected chi connectivity index (χ4v) is 3.57. The fourth-order valence-electron chi connectivity index (χ4n) is 2.74. The number of imidazole rings is 1. The molecule has 2 aromatic carbocycles. The lowest BCUT2D eigenvalue weighted by atomic mass is 10.2. The molecule has 3 heterocycles. The van der Waals surface area contributed by atoms with Crippen LogP contribution in [0.3, 0.4) is 0 Å². The van der Waals surface area contributed by atoms with Crippen molar-refractivity contribution in [3.05, 3.63) is 59.1 Å². The minimum absolute atomic E-state index is 0.607. The van der Waals surface area contributed by atoms with Gasteiger partial charge in [0.15, 0.2) is 0 Å². The van der Waals surface area contributed by atoms with Crippen LogP contribution in [0.1, 0.15) is 0 Å². The Bertz CT molecular complexity index is 1190. The Morgan fingerprint density at radius 1 is 1.12 bits per heavy atom. The van der Waals surface area contributed by atoms with Crippen molar-refractivity contribution in [3.8, 4) is 10.6 Å². The summed E-state index contributed by atoms with van der Waals surface area (Å²) >= 11 is 7.62. The van der Waals surface area contributed by atoms with Gasteiger partial charge in [-0.2, -0.15) is 4.98 Å². The van der Waals surface area contributed by atoms with Crippen LogP contribution in [0.15, 0.2) is 54.0 Å². The summed E-state index contributed by atoms with van der Waals surface area (Å²) in [6, 6.07) is 13.6. The first kappa shape index (κ1) is 14.4. The molecular weight excluding hydrogens is 356 g/mol. The predicted molar refractivity (Wildman–Crippen MR) is 101 cm³/mol. The number of nitrogens with one attached hydrogen (secondary N) is 2. The molecule has 0 saturated carbocycles. The van der Waals surface area contributed by atoms with Crippen LogP contribution >= 0.6 is 22.9 Å². The SMILES string of the molecule is Clc1cccc(Nc2nc3nc4cc(-c5nccs5)ccc4n3[nH]2)c1. The number of anilines is 2. The van der Waals surface area contributed by atoms with Crippen molar-refractivity contribution >= 4 is 51.4 Å². The third-order valence-corrected chi connectivity index (χ3v) is 4.89. The summed E-state index contributed by atoms with van der Waals surface area (Å²) < 4.78 is 1.86. The van der Waals surface area contributed by atoms with Crippen molar-refractivity contribution in [2.45, 2.75) is 0 Å². The third kappa shape index (κ3) is 2.54. The molecule has 0 fully saturated rings. The van der Waals surface area contributed by atoms with Gasteiger partial charge in [-0.25, -0.2) is 14.5 Å². The molecule has 0 aliphatic heterocycles. The van der Waals surface area contributed by atoms with E-state index in [1.807, 2.05) is 52.4 Å². The molecule has 0 aliphatic carbocycles. The van der Waals surface area contributed by atoms with E-state index in [1.165, 1.54) is 0 Å². The normalized spacial score (nSPS) is 11.4. The van der Waals surface area contributed by atoms with Crippen molar-refractivity contribution in [1.29, 1.82) is 0 Å². The molecule has 0 spiro atoms. The first-order valence-corrected chi connectivity index (χ1v) is 8.83. The number of thiazole rings is 1. The Morgan fingerprint density at radius 3 is 2.92 bits per heavy atom. The molecule has 122 valence electrons. The highest BCUT2D eigenvalue weighted by molar-refractivity contribution is 7.13. The van der Waals surface area contributed by atoms with Gasteiger partial charge in [0.2, 0.25) is 5.95 Å². The summed E-state index contributed by atoms with van der Waals surface area (Å²) in [5.41, 5.74) is 3.75. The summed E-state index contributed by atoms with van der Waals surface area (Å²) in [7, 11) is 0. The maximum absolute atomic E-state index is 6.01. The largest absolute Gasteiger partial charge is 0.324 e. The molecule has 0 atom stereocenters.